The van der Waals surface area contributed by atoms with Crippen LogP contribution in [-0.2, 0) is 4.79 Å². The fourth-order valence-electron chi connectivity index (χ4n) is 3.64. The number of carbonyl (C=O) groups is 1. The summed E-state index contributed by atoms with van der Waals surface area (Å²) in [7, 11) is 0. The minimum absolute atomic E-state index is 0.130. The Bertz CT molecular complexity index is 445. The Morgan fingerprint density at radius 3 is 3.26 bits per heavy atom. The van der Waals surface area contributed by atoms with E-state index in [1.54, 1.807) is 11.3 Å². The number of hydrogen-bond donors (Lipinski definition) is 2. The van der Waals surface area contributed by atoms with Crippen molar-refractivity contribution in [1.82, 2.24) is 10.6 Å². The molecule has 104 valence electrons. The van der Waals surface area contributed by atoms with E-state index in [0.717, 1.165) is 19.5 Å². The van der Waals surface area contributed by atoms with Gasteiger partial charge in [0.2, 0.25) is 5.91 Å². The summed E-state index contributed by atoms with van der Waals surface area (Å²) in [6, 6.07) is 4.27. The molecule has 0 radical (unpaired) electrons. The highest BCUT2D eigenvalue weighted by Crippen LogP contribution is 2.44. The second kappa shape index (κ2) is 5.25. The maximum Gasteiger partial charge on any atom is 0.228 e. The maximum absolute atomic E-state index is 12.8. The molecule has 0 spiro atoms. The van der Waals surface area contributed by atoms with Crippen molar-refractivity contribution in [2.75, 3.05) is 13.1 Å². The third kappa shape index (κ3) is 2.32. The highest BCUT2D eigenvalue weighted by atomic mass is 32.1. The molecule has 1 unspecified atom stereocenters. The van der Waals surface area contributed by atoms with Gasteiger partial charge >= 0.3 is 0 Å². The molecule has 0 aromatic carbocycles. The Hall–Kier alpha value is -0.870. The maximum atomic E-state index is 12.8. The van der Waals surface area contributed by atoms with Crippen LogP contribution >= 0.6 is 11.3 Å². The molecule has 3 atom stereocenters. The van der Waals surface area contributed by atoms with Crippen LogP contribution < -0.4 is 10.6 Å². The largest absolute Gasteiger partial charge is 0.348 e. The van der Waals surface area contributed by atoms with Gasteiger partial charge in [0.15, 0.2) is 0 Å². The predicted molar refractivity (Wildman–Crippen MR) is 78.1 cm³/mol. The van der Waals surface area contributed by atoms with Gasteiger partial charge in [0.1, 0.15) is 0 Å². The zero-order chi connectivity index (χ0) is 13.3. The highest BCUT2D eigenvalue weighted by molar-refractivity contribution is 7.10. The predicted octanol–water partition coefficient (Wildman–Crippen LogP) is 2.71. The molecule has 1 amide bonds. The van der Waals surface area contributed by atoms with Crippen LogP contribution in [0.25, 0.3) is 0 Å². The van der Waals surface area contributed by atoms with Gasteiger partial charge in [0.25, 0.3) is 0 Å². The standard InChI is InChI=1S/C15H22N2OS/c1-11(13-6-4-8-19-13)17-14(18)15-7-3-2-5-12(15)9-16-10-15/h4,6,8,11-12,16H,2-3,5,7,9-10H2,1H3,(H,17,18)/t11?,12-,15+/m0/s1. The fourth-order valence-corrected chi connectivity index (χ4v) is 4.37. The summed E-state index contributed by atoms with van der Waals surface area (Å²) in [5.74, 6) is 0.805. The van der Waals surface area contributed by atoms with Crippen LogP contribution in [0.4, 0.5) is 0 Å². The molecule has 2 aliphatic rings. The lowest BCUT2D eigenvalue weighted by Crippen LogP contribution is -2.48. The van der Waals surface area contributed by atoms with Gasteiger partial charge in [-0.3, -0.25) is 4.79 Å². The van der Waals surface area contributed by atoms with Crippen LogP contribution in [0.1, 0.15) is 43.5 Å². The van der Waals surface area contributed by atoms with Crippen molar-refractivity contribution in [1.29, 1.82) is 0 Å². The van der Waals surface area contributed by atoms with E-state index in [1.165, 1.54) is 24.1 Å². The lowest BCUT2D eigenvalue weighted by molar-refractivity contribution is -0.134. The third-order valence-electron chi connectivity index (χ3n) is 4.81. The van der Waals surface area contributed by atoms with Crippen LogP contribution in [-0.4, -0.2) is 19.0 Å². The van der Waals surface area contributed by atoms with Crippen molar-refractivity contribution in [3.63, 3.8) is 0 Å². The minimum Gasteiger partial charge on any atom is -0.348 e. The van der Waals surface area contributed by atoms with E-state index in [1.807, 2.05) is 6.07 Å². The van der Waals surface area contributed by atoms with E-state index >= 15 is 0 Å². The Labute approximate surface area is 118 Å². The second-order valence-corrected chi connectivity index (χ2v) is 6.92. The summed E-state index contributed by atoms with van der Waals surface area (Å²) in [6.45, 7) is 3.96. The lowest BCUT2D eigenvalue weighted by Gasteiger charge is -2.37. The third-order valence-corrected chi connectivity index (χ3v) is 5.86. The molecule has 1 saturated carbocycles. The first kappa shape index (κ1) is 13.1. The number of nitrogens with one attached hydrogen (secondary N) is 2. The molecule has 1 aromatic heterocycles. The summed E-state index contributed by atoms with van der Waals surface area (Å²) >= 11 is 1.71. The van der Waals surface area contributed by atoms with Crippen molar-refractivity contribution < 1.29 is 4.79 Å². The number of hydrogen-bond acceptors (Lipinski definition) is 3. The van der Waals surface area contributed by atoms with Gasteiger partial charge in [0.05, 0.1) is 11.5 Å². The van der Waals surface area contributed by atoms with E-state index in [0.29, 0.717) is 5.92 Å². The zero-order valence-corrected chi connectivity index (χ0v) is 12.3. The average Bonchev–Trinajstić information content (AvgIpc) is 3.08. The first-order valence-electron chi connectivity index (χ1n) is 7.27. The number of fused-ring (bicyclic) bond motifs is 1. The SMILES string of the molecule is CC(NC(=O)[C@@]12CCCC[C@H]1CNC2)c1cccs1. The molecule has 3 rings (SSSR count). The van der Waals surface area contributed by atoms with Gasteiger partial charge in [0, 0.05) is 11.4 Å². The quantitative estimate of drug-likeness (QED) is 0.892. The normalized spacial score (nSPS) is 31.7. The average molecular weight is 278 g/mol. The molecule has 1 saturated heterocycles. The first-order valence-corrected chi connectivity index (χ1v) is 8.15. The Kier molecular flexibility index (Phi) is 3.63. The molecule has 2 fully saturated rings. The Morgan fingerprint density at radius 1 is 1.58 bits per heavy atom. The van der Waals surface area contributed by atoms with Gasteiger partial charge in [-0.2, -0.15) is 0 Å². The molecular weight excluding hydrogens is 256 g/mol. The summed E-state index contributed by atoms with van der Waals surface area (Å²) in [4.78, 5) is 14.0. The first-order chi connectivity index (χ1) is 9.22. The fraction of sp³-hybridized carbons (Fsp3) is 0.667. The number of amides is 1. The summed E-state index contributed by atoms with van der Waals surface area (Å²) in [5.41, 5.74) is -0.135. The van der Waals surface area contributed by atoms with Gasteiger partial charge in [-0.25, -0.2) is 0 Å². The Morgan fingerprint density at radius 2 is 2.47 bits per heavy atom. The molecule has 4 heteroatoms. The van der Waals surface area contributed by atoms with Crippen LogP contribution in [0.2, 0.25) is 0 Å². The van der Waals surface area contributed by atoms with E-state index in [9.17, 15) is 4.79 Å². The molecule has 19 heavy (non-hydrogen) atoms. The monoisotopic (exact) mass is 278 g/mol. The zero-order valence-electron chi connectivity index (χ0n) is 11.4. The highest BCUT2D eigenvalue weighted by Gasteiger charge is 2.49. The number of carbonyl (C=O) groups excluding carboxylic acids is 1. The topological polar surface area (TPSA) is 41.1 Å². The minimum atomic E-state index is -0.135. The van der Waals surface area contributed by atoms with E-state index in [4.69, 9.17) is 0 Å². The van der Waals surface area contributed by atoms with Crippen LogP contribution in [0.15, 0.2) is 17.5 Å². The van der Waals surface area contributed by atoms with E-state index in [2.05, 4.69) is 29.0 Å². The van der Waals surface area contributed by atoms with Crippen molar-refractivity contribution >= 4 is 17.2 Å². The molecule has 1 aliphatic heterocycles. The van der Waals surface area contributed by atoms with Crippen molar-refractivity contribution in [3.8, 4) is 0 Å². The van der Waals surface area contributed by atoms with Crippen molar-refractivity contribution in [2.24, 2.45) is 11.3 Å². The molecular formula is C15H22N2OS. The number of thiophene rings is 1. The van der Waals surface area contributed by atoms with Crippen molar-refractivity contribution in [3.05, 3.63) is 22.4 Å². The molecule has 2 N–H and O–H groups in total. The lowest BCUT2D eigenvalue weighted by atomic mass is 9.67. The molecule has 1 aromatic rings. The van der Waals surface area contributed by atoms with E-state index in [-0.39, 0.29) is 17.4 Å². The summed E-state index contributed by atoms with van der Waals surface area (Å²) in [6.07, 6.45) is 4.72. The molecule has 2 heterocycles. The van der Waals surface area contributed by atoms with Crippen molar-refractivity contribution in [2.45, 2.75) is 38.6 Å². The Balaban J connectivity index is 1.72. The molecule has 3 nitrogen and oxygen atoms in total. The summed E-state index contributed by atoms with van der Waals surface area (Å²) in [5, 5.41) is 8.75. The van der Waals surface area contributed by atoms with Crippen LogP contribution in [0.3, 0.4) is 0 Å². The molecule has 0 bridgehead atoms. The van der Waals surface area contributed by atoms with Gasteiger partial charge < -0.3 is 10.6 Å². The van der Waals surface area contributed by atoms with E-state index < -0.39 is 0 Å². The smallest absolute Gasteiger partial charge is 0.228 e. The second-order valence-electron chi connectivity index (χ2n) is 5.94. The summed E-state index contributed by atoms with van der Waals surface area (Å²) < 4.78 is 0. The van der Waals surface area contributed by atoms with Gasteiger partial charge in [-0.1, -0.05) is 18.9 Å². The van der Waals surface area contributed by atoms with Crippen LogP contribution in [0, 0.1) is 11.3 Å². The van der Waals surface area contributed by atoms with Gasteiger partial charge in [-0.05, 0) is 43.7 Å². The number of rotatable bonds is 3. The van der Waals surface area contributed by atoms with Gasteiger partial charge in [-0.15, -0.1) is 11.3 Å². The molecule has 1 aliphatic carbocycles. The van der Waals surface area contributed by atoms with Crippen LogP contribution in [0.5, 0.6) is 0 Å².